The molecule has 0 amide bonds. The summed E-state index contributed by atoms with van der Waals surface area (Å²) in [5.41, 5.74) is 8.60. The number of thiazole rings is 1. The van der Waals surface area contributed by atoms with Gasteiger partial charge in [-0.05, 0) is 62.8 Å². The normalized spacial score (nSPS) is 12.2. The molecule has 6 rings (SSSR count). The van der Waals surface area contributed by atoms with E-state index in [1.54, 1.807) is 17.4 Å². The van der Waals surface area contributed by atoms with Gasteiger partial charge in [-0.15, -0.1) is 11.3 Å². The third-order valence-corrected chi connectivity index (χ3v) is 6.98. The maximum Gasteiger partial charge on any atom is 0.350 e. The van der Waals surface area contributed by atoms with Crippen molar-refractivity contribution in [1.29, 1.82) is 0 Å². The molecule has 2 aromatic heterocycles. The zero-order valence-corrected chi connectivity index (χ0v) is 18.1. The number of halogens is 1. The van der Waals surface area contributed by atoms with Crippen molar-refractivity contribution in [3.8, 4) is 33.0 Å². The number of hydrogen-bond acceptors (Lipinski definition) is 4. The minimum atomic E-state index is -0.376. The van der Waals surface area contributed by atoms with E-state index in [9.17, 15) is 4.79 Å². The van der Waals surface area contributed by atoms with Crippen LogP contribution in [0.3, 0.4) is 0 Å². The molecule has 0 radical (unpaired) electrons. The van der Waals surface area contributed by atoms with Gasteiger partial charge in [-0.2, -0.15) is 0 Å². The fourth-order valence-electron chi connectivity index (χ4n) is 4.06. The molecule has 30 heavy (non-hydrogen) atoms. The second kappa shape index (κ2) is 6.76. The minimum Gasteiger partial charge on any atom is -0.422 e. The average molecular weight is 472 g/mol. The fraction of sp³-hybridized carbons (Fsp3) is 0.0400. The number of nitrogens with zero attached hydrogens (tertiary/aromatic N) is 1. The van der Waals surface area contributed by atoms with Crippen molar-refractivity contribution in [2.45, 2.75) is 6.42 Å². The Morgan fingerprint density at radius 2 is 1.73 bits per heavy atom. The summed E-state index contributed by atoms with van der Waals surface area (Å²) in [6.07, 6.45) is 0.968. The van der Waals surface area contributed by atoms with E-state index in [-0.39, 0.29) is 5.63 Å². The van der Waals surface area contributed by atoms with Crippen LogP contribution in [0.1, 0.15) is 11.1 Å². The first-order chi connectivity index (χ1) is 14.7. The summed E-state index contributed by atoms with van der Waals surface area (Å²) in [4.78, 5) is 16.7. The molecule has 0 spiro atoms. The molecule has 0 unspecified atom stereocenters. The molecule has 1 aliphatic carbocycles. The van der Waals surface area contributed by atoms with Crippen molar-refractivity contribution in [3.05, 3.63) is 98.1 Å². The van der Waals surface area contributed by atoms with E-state index in [0.717, 1.165) is 33.6 Å². The minimum absolute atomic E-state index is 0.376. The summed E-state index contributed by atoms with van der Waals surface area (Å²) in [5.74, 6) is 0. The number of fused-ring (bicyclic) bond motifs is 4. The van der Waals surface area contributed by atoms with Crippen LogP contribution in [0.2, 0.25) is 0 Å². The summed E-state index contributed by atoms with van der Waals surface area (Å²) in [5, 5.41) is 3.86. The van der Waals surface area contributed by atoms with Crippen LogP contribution in [0.25, 0.3) is 43.9 Å². The van der Waals surface area contributed by atoms with E-state index in [1.807, 2.05) is 18.2 Å². The molecule has 2 heterocycles. The molecule has 0 saturated heterocycles. The molecule has 0 fully saturated rings. The van der Waals surface area contributed by atoms with E-state index in [4.69, 9.17) is 9.40 Å². The Kier molecular flexibility index (Phi) is 4.01. The molecule has 5 aromatic rings. The fourth-order valence-corrected chi connectivity index (χ4v) is 5.22. The van der Waals surface area contributed by atoms with Gasteiger partial charge in [0.15, 0.2) is 0 Å². The highest BCUT2D eigenvalue weighted by molar-refractivity contribution is 9.10. The van der Waals surface area contributed by atoms with Gasteiger partial charge in [0.1, 0.15) is 15.1 Å². The Labute approximate surface area is 184 Å². The van der Waals surface area contributed by atoms with E-state index in [0.29, 0.717) is 10.1 Å². The third kappa shape index (κ3) is 2.85. The molecule has 0 bridgehead atoms. The molecule has 3 aromatic carbocycles. The Morgan fingerprint density at radius 1 is 0.900 bits per heavy atom. The van der Waals surface area contributed by atoms with Gasteiger partial charge in [-0.1, -0.05) is 48.5 Å². The Morgan fingerprint density at radius 3 is 2.67 bits per heavy atom. The maximum absolute atomic E-state index is 11.8. The first-order valence-corrected chi connectivity index (χ1v) is 11.2. The lowest BCUT2D eigenvalue weighted by molar-refractivity contribution is 0.556. The van der Waals surface area contributed by atoms with Crippen LogP contribution in [0.15, 0.2) is 85.8 Å². The molecule has 0 atom stereocenters. The summed E-state index contributed by atoms with van der Waals surface area (Å²) in [7, 11) is 0. The monoisotopic (exact) mass is 471 g/mol. The highest BCUT2D eigenvalue weighted by atomic mass is 79.9. The predicted molar refractivity (Wildman–Crippen MR) is 125 cm³/mol. The SMILES string of the molecule is O=c1oc2cc(-c3nc(-c4ccc5c(c4)Cc4ccccc4-5)cs3)ccc2cc1Br. The van der Waals surface area contributed by atoms with Crippen molar-refractivity contribution in [1.82, 2.24) is 4.98 Å². The average Bonchev–Trinajstić information content (AvgIpc) is 3.39. The number of benzene rings is 3. The molecule has 144 valence electrons. The molecule has 3 nitrogen and oxygen atoms in total. The zero-order chi connectivity index (χ0) is 20.2. The Hall–Kier alpha value is -3.02. The highest BCUT2D eigenvalue weighted by Gasteiger charge is 2.19. The number of rotatable bonds is 2. The maximum atomic E-state index is 11.8. The number of aromatic nitrogens is 1. The first-order valence-electron chi connectivity index (χ1n) is 9.56. The lowest BCUT2D eigenvalue weighted by Crippen LogP contribution is -1.98. The van der Waals surface area contributed by atoms with Crippen LogP contribution in [0, 0.1) is 0 Å². The van der Waals surface area contributed by atoms with Crippen molar-refractivity contribution < 1.29 is 4.42 Å². The molecule has 0 N–H and O–H groups in total. The van der Waals surface area contributed by atoms with Crippen LogP contribution >= 0.6 is 27.3 Å². The van der Waals surface area contributed by atoms with E-state index >= 15 is 0 Å². The van der Waals surface area contributed by atoms with Gasteiger partial charge in [-0.3, -0.25) is 0 Å². The molecular weight excluding hydrogens is 458 g/mol. The van der Waals surface area contributed by atoms with E-state index in [2.05, 4.69) is 63.8 Å². The van der Waals surface area contributed by atoms with Crippen LogP contribution in [0.5, 0.6) is 0 Å². The summed E-state index contributed by atoms with van der Waals surface area (Å²) in [6.45, 7) is 0. The van der Waals surface area contributed by atoms with Crippen molar-refractivity contribution in [2.24, 2.45) is 0 Å². The molecule has 0 aliphatic heterocycles. The molecule has 5 heteroatoms. The van der Waals surface area contributed by atoms with Crippen LogP contribution in [0.4, 0.5) is 0 Å². The Bertz CT molecular complexity index is 1520. The van der Waals surface area contributed by atoms with Gasteiger partial charge in [0.05, 0.1) is 5.69 Å². The largest absolute Gasteiger partial charge is 0.422 e. The van der Waals surface area contributed by atoms with Crippen LogP contribution in [-0.4, -0.2) is 4.98 Å². The Balaban J connectivity index is 1.37. The lowest BCUT2D eigenvalue weighted by atomic mass is 10.0. The second-order valence-electron chi connectivity index (χ2n) is 7.38. The summed E-state index contributed by atoms with van der Waals surface area (Å²) in [6, 6.07) is 22.8. The smallest absolute Gasteiger partial charge is 0.350 e. The lowest BCUT2D eigenvalue weighted by Gasteiger charge is -2.03. The summed E-state index contributed by atoms with van der Waals surface area (Å²) >= 11 is 4.82. The molecule has 1 aliphatic rings. The van der Waals surface area contributed by atoms with Gasteiger partial charge < -0.3 is 4.42 Å². The molecule has 0 saturated carbocycles. The van der Waals surface area contributed by atoms with Gasteiger partial charge in [0, 0.05) is 21.9 Å². The standard InChI is InChI=1S/C25H14BrNO2S/c26-21-11-16-5-6-17(12-23(16)29-25(21)28)24-27-22(13-30-24)15-7-8-20-18(10-15)9-14-3-1-2-4-19(14)20/h1-8,10-13H,9H2. The topological polar surface area (TPSA) is 43.1 Å². The highest BCUT2D eigenvalue weighted by Crippen LogP contribution is 2.39. The second-order valence-corrected chi connectivity index (χ2v) is 9.09. The van der Waals surface area contributed by atoms with Gasteiger partial charge in [0.2, 0.25) is 0 Å². The molecular formula is C25H14BrNO2S. The van der Waals surface area contributed by atoms with Crippen LogP contribution < -0.4 is 5.63 Å². The number of hydrogen-bond donors (Lipinski definition) is 0. The van der Waals surface area contributed by atoms with E-state index < -0.39 is 0 Å². The van der Waals surface area contributed by atoms with Crippen molar-refractivity contribution >= 4 is 38.2 Å². The van der Waals surface area contributed by atoms with Crippen molar-refractivity contribution in [2.75, 3.05) is 0 Å². The quantitative estimate of drug-likeness (QED) is 0.257. The van der Waals surface area contributed by atoms with Gasteiger partial charge in [-0.25, -0.2) is 9.78 Å². The predicted octanol–water partition coefficient (Wildman–Crippen LogP) is 6.92. The third-order valence-electron chi connectivity index (χ3n) is 5.53. The van der Waals surface area contributed by atoms with Crippen LogP contribution in [-0.2, 0) is 6.42 Å². The van der Waals surface area contributed by atoms with E-state index in [1.165, 1.54) is 22.3 Å². The van der Waals surface area contributed by atoms with Gasteiger partial charge >= 0.3 is 5.63 Å². The van der Waals surface area contributed by atoms with Gasteiger partial charge in [0.25, 0.3) is 0 Å². The zero-order valence-electron chi connectivity index (χ0n) is 15.7. The van der Waals surface area contributed by atoms with Crippen molar-refractivity contribution in [3.63, 3.8) is 0 Å². The first kappa shape index (κ1) is 17.8. The summed E-state index contributed by atoms with van der Waals surface area (Å²) < 4.78 is 5.83.